The molecule has 0 radical (unpaired) electrons. The largest absolute Gasteiger partial charge is 0.460 e. The molecule has 2 fully saturated rings. The van der Waals surface area contributed by atoms with Crippen molar-refractivity contribution in [3.63, 3.8) is 0 Å². The van der Waals surface area contributed by atoms with Gasteiger partial charge in [0, 0.05) is 47.8 Å². The molecule has 0 saturated carbocycles. The van der Waals surface area contributed by atoms with Gasteiger partial charge in [0.25, 0.3) is 6.43 Å². The molecular formula is C33H34ClF4N5O3. The molecule has 244 valence electrons. The summed E-state index contributed by atoms with van der Waals surface area (Å²) >= 11 is 6.83. The Morgan fingerprint density at radius 2 is 1.89 bits per heavy atom. The number of alkyl halides is 2. The maximum absolute atomic E-state index is 15.2. The second-order valence-electron chi connectivity index (χ2n) is 12.2. The number of allylic oxidation sites excluding steroid dienone is 1. The van der Waals surface area contributed by atoms with Crippen molar-refractivity contribution in [3.05, 3.63) is 70.3 Å². The standard InChI is InChI=1S/C33H34ClF4N5O3/c1-4-28(44)41-14-19(3)42(15-18(41)2)32-24-13-25(34)29(23-6-5-21(35)12-26(23)36)31-30(24)43(33(45)39-32)22(17-46-31)11-20-7-9-40(10-8-20)16-27(37)38/h4-6,12-13,17-20,27H,1,7-11,14-16H2,2-3H3/t18-,19+/m1/s1. The highest BCUT2D eigenvalue weighted by Crippen LogP contribution is 2.47. The molecule has 6 rings (SSSR count). The van der Waals surface area contributed by atoms with E-state index in [1.165, 1.54) is 23.0 Å². The Balaban J connectivity index is 1.46. The van der Waals surface area contributed by atoms with Gasteiger partial charge in [-0.15, -0.1) is 0 Å². The smallest absolute Gasteiger partial charge is 0.354 e. The summed E-state index contributed by atoms with van der Waals surface area (Å²) in [4.78, 5) is 36.4. The molecule has 1 amide bonds. The van der Waals surface area contributed by atoms with E-state index in [1.807, 2.05) is 18.7 Å². The molecule has 46 heavy (non-hydrogen) atoms. The van der Waals surface area contributed by atoms with Crippen molar-refractivity contribution in [2.24, 2.45) is 5.92 Å². The van der Waals surface area contributed by atoms with E-state index in [0.717, 1.165) is 12.1 Å². The first-order valence-corrected chi connectivity index (χ1v) is 15.7. The molecule has 0 spiro atoms. The van der Waals surface area contributed by atoms with Crippen LogP contribution in [0.1, 0.15) is 33.1 Å². The highest BCUT2D eigenvalue weighted by Gasteiger charge is 2.36. The fraction of sp³-hybridized carbons (Fsp3) is 0.424. The molecule has 0 aliphatic carbocycles. The van der Waals surface area contributed by atoms with E-state index >= 15 is 4.39 Å². The van der Waals surface area contributed by atoms with Crippen molar-refractivity contribution in [1.82, 2.24) is 19.4 Å². The first kappa shape index (κ1) is 32.1. The van der Waals surface area contributed by atoms with Crippen LogP contribution in [0.3, 0.4) is 0 Å². The predicted octanol–water partition coefficient (Wildman–Crippen LogP) is 6.16. The number of piperazine rings is 1. The molecular weight excluding hydrogens is 626 g/mol. The van der Waals surface area contributed by atoms with Crippen molar-refractivity contribution in [1.29, 1.82) is 0 Å². The van der Waals surface area contributed by atoms with Gasteiger partial charge in [0.15, 0.2) is 5.75 Å². The second kappa shape index (κ2) is 12.7. The Kier molecular flexibility index (Phi) is 8.86. The number of likely N-dealkylation sites (tertiary alicyclic amines) is 1. The van der Waals surface area contributed by atoms with Crippen LogP contribution >= 0.6 is 11.6 Å². The summed E-state index contributed by atoms with van der Waals surface area (Å²) in [5.41, 5.74) is 0.461. The van der Waals surface area contributed by atoms with Gasteiger partial charge in [0.05, 0.1) is 17.3 Å². The van der Waals surface area contributed by atoms with Gasteiger partial charge in [-0.05, 0) is 76.4 Å². The highest BCUT2D eigenvalue weighted by atomic mass is 35.5. The number of hydrogen-bond donors (Lipinski definition) is 0. The number of halogens is 5. The third-order valence-corrected chi connectivity index (χ3v) is 9.48. The lowest BCUT2D eigenvalue weighted by Gasteiger charge is -2.44. The van der Waals surface area contributed by atoms with Crippen molar-refractivity contribution in [3.8, 4) is 16.9 Å². The van der Waals surface area contributed by atoms with Gasteiger partial charge in [-0.1, -0.05) is 18.2 Å². The lowest BCUT2D eigenvalue weighted by atomic mass is 9.91. The molecule has 13 heteroatoms. The van der Waals surface area contributed by atoms with Crippen LogP contribution in [-0.4, -0.2) is 76.5 Å². The number of ether oxygens (including phenoxy) is 1. The summed E-state index contributed by atoms with van der Waals surface area (Å²) in [6.45, 7) is 8.92. The van der Waals surface area contributed by atoms with E-state index in [-0.39, 0.29) is 52.4 Å². The van der Waals surface area contributed by atoms with Gasteiger partial charge < -0.3 is 14.5 Å². The molecule has 2 saturated heterocycles. The maximum atomic E-state index is 15.2. The van der Waals surface area contributed by atoms with Gasteiger partial charge in [0.1, 0.15) is 29.2 Å². The maximum Gasteiger partial charge on any atom is 0.354 e. The summed E-state index contributed by atoms with van der Waals surface area (Å²) in [5.74, 6) is -1.22. The molecule has 0 unspecified atom stereocenters. The van der Waals surface area contributed by atoms with Crippen LogP contribution in [0.5, 0.6) is 5.75 Å². The molecule has 0 N–H and O–H groups in total. The number of piperidine rings is 1. The molecule has 4 heterocycles. The van der Waals surface area contributed by atoms with Gasteiger partial charge in [-0.25, -0.2) is 22.4 Å². The highest BCUT2D eigenvalue weighted by molar-refractivity contribution is 6.35. The number of amides is 1. The summed E-state index contributed by atoms with van der Waals surface area (Å²) in [5, 5.41) is 0.608. The quantitative estimate of drug-likeness (QED) is 0.223. The molecule has 1 aromatic heterocycles. The van der Waals surface area contributed by atoms with Crippen LogP contribution in [0.2, 0.25) is 5.02 Å². The first-order chi connectivity index (χ1) is 22.0. The number of carbonyl (C=O) groups excluding carboxylic acids is 1. The summed E-state index contributed by atoms with van der Waals surface area (Å²) in [6.07, 6.45) is 2.06. The summed E-state index contributed by atoms with van der Waals surface area (Å²) in [6, 6.07) is 4.30. The third kappa shape index (κ3) is 5.88. The van der Waals surface area contributed by atoms with Crippen molar-refractivity contribution in [2.45, 2.75) is 51.6 Å². The molecule has 3 aromatic rings. The Morgan fingerprint density at radius 1 is 1.15 bits per heavy atom. The van der Waals surface area contributed by atoms with Crippen molar-refractivity contribution in [2.75, 3.05) is 37.6 Å². The average Bonchev–Trinajstić information content (AvgIpc) is 3.01. The van der Waals surface area contributed by atoms with E-state index in [2.05, 4.69) is 11.6 Å². The van der Waals surface area contributed by atoms with Gasteiger partial charge >= 0.3 is 5.69 Å². The number of benzene rings is 2. The number of nitrogens with zero attached hydrogens (tertiary/aromatic N) is 5. The lowest BCUT2D eigenvalue weighted by Crippen LogP contribution is -2.58. The van der Waals surface area contributed by atoms with Gasteiger partial charge in [0.2, 0.25) is 5.91 Å². The Labute approximate surface area is 268 Å². The van der Waals surface area contributed by atoms with E-state index < -0.39 is 23.7 Å². The first-order valence-electron chi connectivity index (χ1n) is 15.3. The lowest BCUT2D eigenvalue weighted by molar-refractivity contribution is -0.128. The fourth-order valence-corrected chi connectivity index (χ4v) is 7.17. The zero-order valence-electron chi connectivity index (χ0n) is 25.5. The molecule has 3 aliphatic heterocycles. The minimum absolute atomic E-state index is 0.00227. The van der Waals surface area contributed by atoms with Crippen LogP contribution < -0.4 is 15.3 Å². The van der Waals surface area contributed by atoms with Crippen LogP contribution in [0.25, 0.3) is 27.7 Å². The molecule has 0 bridgehead atoms. The Bertz CT molecular complexity index is 1790. The van der Waals surface area contributed by atoms with Crippen LogP contribution in [-0.2, 0) is 4.79 Å². The molecule has 2 atom stereocenters. The number of anilines is 1. The van der Waals surface area contributed by atoms with E-state index in [9.17, 15) is 22.8 Å². The molecule has 3 aliphatic rings. The normalized spacial score (nSPS) is 20.7. The average molecular weight is 660 g/mol. The van der Waals surface area contributed by atoms with Crippen LogP contribution in [0.4, 0.5) is 23.4 Å². The molecule has 8 nitrogen and oxygen atoms in total. The monoisotopic (exact) mass is 659 g/mol. The zero-order valence-corrected chi connectivity index (χ0v) is 26.2. The number of hydrogen-bond acceptors (Lipinski definition) is 6. The number of aromatic nitrogens is 2. The summed E-state index contributed by atoms with van der Waals surface area (Å²) < 4.78 is 62.5. The minimum atomic E-state index is -2.40. The second-order valence-corrected chi connectivity index (χ2v) is 12.7. The van der Waals surface area contributed by atoms with E-state index in [0.29, 0.717) is 67.9 Å². The van der Waals surface area contributed by atoms with Gasteiger partial charge in [-0.2, -0.15) is 4.98 Å². The van der Waals surface area contributed by atoms with Crippen molar-refractivity contribution < 1.29 is 27.1 Å². The number of rotatable bonds is 7. The third-order valence-electron chi connectivity index (χ3n) is 9.18. The van der Waals surface area contributed by atoms with Crippen LogP contribution in [0.15, 0.2) is 48.0 Å². The number of carbonyl (C=O) groups is 1. The zero-order chi connectivity index (χ0) is 32.9. The fourth-order valence-electron chi connectivity index (χ4n) is 6.88. The van der Waals surface area contributed by atoms with E-state index in [4.69, 9.17) is 16.3 Å². The van der Waals surface area contributed by atoms with Crippen molar-refractivity contribution >= 4 is 39.9 Å². The minimum Gasteiger partial charge on any atom is -0.460 e. The predicted molar refractivity (Wildman–Crippen MR) is 169 cm³/mol. The Morgan fingerprint density at radius 3 is 2.57 bits per heavy atom. The van der Waals surface area contributed by atoms with E-state index in [1.54, 1.807) is 15.9 Å². The SMILES string of the molecule is C=CC(=O)N1C[C@H](C)N(c2nc(=O)n3c4c(c(-c5ccc(F)cc5F)c(Cl)cc24)OC=C3CC2CCN(CC(F)F)CC2)C[C@H]1C. The Hall–Kier alpha value is -3.90. The summed E-state index contributed by atoms with van der Waals surface area (Å²) in [7, 11) is 0. The topological polar surface area (TPSA) is 70.9 Å². The molecule has 2 aromatic carbocycles. The van der Waals surface area contributed by atoms with Crippen LogP contribution in [0, 0.1) is 17.6 Å². The van der Waals surface area contributed by atoms with Gasteiger partial charge in [-0.3, -0.25) is 14.3 Å².